The van der Waals surface area contributed by atoms with Crippen molar-refractivity contribution in [1.29, 1.82) is 0 Å². The Hall–Kier alpha value is -0.390. The first-order valence-electron chi connectivity index (χ1n) is 6.55. The molecule has 0 amide bonds. The van der Waals surface area contributed by atoms with Gasteiger partial charge in [-0.3, -0.25) is 0 Å². The summed E-state index contributed by atoms with van der Waals surface area (Å²) in [7, 11) is -3.45. The second-order valence-electron chi connectivity index (χ2n) is 5.03. The van der Waals surface area contributed by atoms with Crippen LogP contribution in [0.1, 0.15) is 45.6 Å². The van der Waals surface area contributed by atoms with E-state index in [0.29, 0.717) is 4.90 Å². The molecule has 0 fully saturated rings. The molecule has 0 saturated heterocycles. The summed E-state index contributed by atoms with van der Waals surface area (Å²) in [5, 5.41) is 0. The number of hydrogen-bond donors (Lipinski definition) is 1. The highest BCUT2D eigenvalue weighted by Gasteiger charge is 2.24. The van der Waals surface area contributed by atoms with Crippen LogP contribution in [-0.2, 0) is 10.0 Å². The molecule has 0 aliphatic heterocycles. The van der Waals surface area contributed by atoms with Crippen LogP contribution in [0, 0.1) is 0 Å². The third kappa shape index (κ3) is 4.29. The standard InChI is InChI=1S/C14H22BrNO2S/c1-5-13(15)11(4)12-8-6-7-9-14(12)19(17,18)16-10(2)3/h6-11,13,16H,5H2,1-4H3. The maximum Gasteiger partial charge on any atom is 0.241 e. The van der Waals surface area contributed by atoms with Crippen molar-refractivity contribution in [2.45, 2.75) is 55.8 Å². The predicted octanol–water partition coefficient (Wildman–Crippen LogP) is 3.65. The van der Waals surface area contributed by atoms with Gasteiger partial charge in [0.25, 0.3) is 0 Å². The Morgan fingerprint density at radius 3 is 2.32 bits per heavy atom. The molecule has 19 heavy (non-hydrogen) atoms. The number of nitrogens with one attached hydrogen (secondary N) is 1. The molecule has 0 heterocycles. The first-order valence-corrected chi connectivity index (χ1v) is 8.94. The van der Waals surface area contributed by atoms with Crippen LogP contribution in [0.15, 0.2) is 29.2 Å². The van der Waals surface area contributed by atoms with E-state index in [0.717, 1.165) is 12.0 Å². The zero-order valence-corrected chi connectivity index (χ0v) is 14.3. The van der Waals surface area contributed by atoms with E-state index < -0.39 is 10.0 Å². The van der Waals surface area contributed by atoms with Crippen molar-refractivity contribution < 1.29 is 8.42 Å². The number of halogens is 1. The molecule has 0 bridgehead atoms. The van der Waals surface area contributed by atoms with E-state index in [2.05, 4.69) is 27.6 Å². The lowest BCUT2D eigenvalue weighted by atomic mass is 9.96. The van der Waals surface area contributed by atoms with Crippen molar-refractivity contribution in [2.75, 3.05) is 0 Å². The molecule has 1 aromatic rings. The molecule has 0 radical (unpaired) electrons. The minimum absolute atomic E-state index is 0.112. The summed E-state index contributed by atoms with van der Waals surface area (Å²) in [5.74, 6) is 0.143. The second-order valence-corrected chi connectivity index (χ2v) is 7.89. The Labute approximate surface area is 125 Å². The van der Waals surface area contributed by atoms with E-state index in [9.17, 15) is 8.42 Å². The molecular weight excluding hydrogens is 326 g/mol. The molecular formula is C14H22BrNO2S. The molecule has 0 aromatic heterocycles. The van der Waals surface area contributed by atoms with Crippen LogP contribution in [0.2, 0.25) is 0 Å². The quantitative estimate of drug-likeness (QED) is 0.798. The maximum absolute atomic E-state index is 12.4. The van der Waals surface area contributed by atoms with Gasteiger partial charge in [0.2, 0.25) is 10.0 Å². The van der Waals surface area contributed by atoms with Crippen molar-refractivity contribution in [3.8, 4) is 0 Å². The number of benzene rings is 1. The average Bonchev–Trinajstić information content (AvgIpc) is 2.35. The van der Waals surface area contributed by atoms with Crippen molar-refractivity contribution in [1.82, 2.24) is 4.72 Å². The first-order chi connectivity index (χ1) is 8.79. The van der Waals surface area contributed by atoms with Gasteiger partial charge in [-0.1, -0.05) is 48.0 Å². The van der Waals surface area contributed by atoms with Gasteiger partial charge in [0.15, 0.2) is 0 Å². The van der Waals surface area contributed by atoms with E-state index in [4.69, 9.17) is 0 Å². The number of rotatable bonds is 6. The summed E-state index contributed by atoms with van der Waals surface area (Å²) in [5.41, 5.74) is 0.861. The van der Waals surface area contributed by atoms with E-state index in [1.54, 1.807) is 12.1 Å². The lowest BCUT2D eigenvalue weighted by Gasteiger charge is -2.21. The highest BCUT2D eigenvalue weighted by atomic mass is 79.9. The number of alkyl halides is 1. The third-order valence-electron chi connectivity index (χ3n) is 3.02. The van der Waals surface area contributed by atoms with E-state index >= 15 is 0 Å². The summed E-state index contributed by atoms with van der Waals surface area (Å²) in [6.07, 6.45) is 0.952. The Bertz CT molecular complexity index is 514. The van der Waals surface area contributed by atoms with Crippen molar-refractivity contribution in [3.63, 3.8) is 0 Å². The zero-order valence-electron chi connectivity index (χ0n) is 11.9. The first kappa shape index (κ1) is 16.7. The molecule has 0 aliphatic rings. The molecule has 2 atom stereocenters. The smallest absolute Gasteiger partial charge is 0.209 e. The summed E-state index contributed by atoms with van der Waals surface area (Å²) < 4.78 is 27.3. The van der Waals surface area contributed by atoms with Crippen molar-refractivity contribution in [2.24, 2.45) is 0 Å². The molecule has 0 aliphatic carbocycles. The molecule has 108 valence electrons. The summed E-state index contributed by atoms with van der Waals surface area (Å²) in [6, 6.07) is 7.10. The van der Waals surface area contributed by atoms with Gasteiger partial charge in [0, 0.05) is 10.9 Å². The monoisotopic (exact) mass is 347 g/mol. The van der Waals surface area contributed by atoms with Crippen LogP contribution in [0.25, 0.3) is 0 Å². The van der Waals surface area contributed by atoms with Gasteiger partial charge in [0.1, 0.15) is 0 Å². The second kappa shape index (κ2) is 6.86. The fourth-order valence-electron chi connectivity index (χ4n) is 2.02. The Morgan fingerprint density at radius 2 is 1.79 bits per heavy atom. The molecule has 2 unspecified atom stereocenters. The van der Waals surface area contributed by atoms with Gasteiger partial charge in [0.05, 0.1) is 4.90 Å². The minimum Gasteiger partial charge on any atom is -0.209 e. The largest absolute Gasteiger partial charge is 0.241 e. The molecule has 5 heteroatoms. The molecule has 1 rings (SSSR count). The Kier molecular flexibility index (Phi) is 6.02. The van der Waals surface area contributed by atoms with Crippen LogP contribution in [0.3, 0.4) is 0 Å². The zero-order chi connectivity index (χ0) is 14.6. The number of sulfonamides is 1. The van der Waals surface area contributed by atoms with Gasteiger partial charge in [-0.2, -0.15) is 0 Å². The maximum atomic E-state index is 12.4. The van der Waals surface area contributed by atoms with Crippen LogP contribution in [-0.4, -0.2) is 19.3 Å². The van der Waals surface area contributed by atoms with Crippen LogP contribution in [0.5, 0.6) is 0 Å². The Balaban J connectivity index is 3.23. The van der Waals surface area contributed by atoms with E-state index in [1.165, 1.54) is 0 Å². The van der Waals surface area contributed by atoms with Crippen molar-refractivity contribution in [3.05, 3.63) is 29.8 Å². The molecule has 0 spiro atoms. The van der Waals surface area contributed by atoms with Crippen LogP contribution in [0.4, 0.5) is 0 Å². The lowest BCUT2D eigenvalue weighted by molar-refractivity contribution is 0.566. The fourth-order valence-corrected chi connectivity index (χ4v) is 3.88. The molecule has 0 saturated carbocycles. The van der Waals surface area contributed by atoms with Gasteiger partial charge in [-0.25, -0.2) is 13.1 Å². The highest BCUT2D eigenvalue weighted by Crippen LogP contribution is 2.31. The van der Waals surface area contributed by atoms with Gasteiger partial charge in [-0.05, 0) is 37.8 Å². The van der Waals surface area contributed by atoms with Gasteiger partial charge in [-0.15, -0.1) is 0 Å². The number of hydrogen-bond acceptors (Lipinski definition) is 2. The van der Waals surface area contributed by atoms with Gasteiger partial charge >= 0.3 is 0 Å². The third-order valence-corrected chi connectivity index (χ3v) is 6.20. The summed E-state index contributed by atoms with van der Waals surface area (Å²) in [6.45, 7) is 7.78. The predicted molar refractivity (Wildman–Crippen MR) is 83.3 cm³/mol. The van der Waals surface area contributed by atoms with E-state index in [1.807, 2.05) is 32.9 Å². The minimum atomic E-state index is -3.45. The normalized spacial score (nSPS) is 15.5. The fraction of sp³-hybridized carbons (Fsp3) is 0.571. The highest BCUT2D eigenvalue weighted by molar-refractivity contribution is 9.09. The molecule has 1 N–H and O–H groups in total. The molecule has 1 aromatic carbocycles. The van der Waals surface area contributed by atoms with Crippen molar-refractivity contribution >= 4 is 26.0 Å². The molecule has 3 nitrogen and oxygen atoms in total. The van der Waals surface area contributed by atoms with Crippen LogP contribution >= 0.6 is 15.9 Å². The van der Waals surface area contributed by atoms with Gasteiger partial charge < -0.3 is 0 Å². The SMILES string of the molecule is CCC(Br)C(C)c1ccccc1S(=O)(=O)NC(C)C. The topological polar surface area (TPSA) is 46.2 Å². The summed E-state index contributed by atoms with van der Waals surface area (Å²) >= 11 is 3.62. The lowest BCUT2D eigenvalue weighted by Crippen LogP contribution is -2.31. The van der Waals surface area contributed by atoms with Crippen LogP contribution < -0.4 is 4.72 Å². The van der Waals surface area contributed by atoms with E-state index in [-0.39, 0.29) is 16.8 Å². The average molecular weight is 348 g/mol. The summed E-state index contributed by atoms with van der Waals surface area (Å²) in [4.78, 5) is 0.650. The Morgan fingerprint density at radius 1 is 1.21 bits per heavy atom.